The summed E-state index contributed by atoms with van der Waals surface area (Å²) < 4.78 is 5.00. The van der Waals surface area contributed by atoms with Gasteiger partial charge in [0.1, 0.15) is 0 Å². The number of hydrogen-bond donors (Lipinski definition) is 1. The Balaban J connectivity index is 1.80. The molecule has 0 saturated heterocycles. The van der Waals surface area contributed by atoms with Gasteiger partial charge in [-0.2, -0.15) is 5.26 Å². The first kappa shape index (κ1) is 20.1. The molecule has 0 aliphatic carbocycles. The number of carbonyl (C=O) groups excluding carboxylic acids is 3. The normalized spacial score (nSPS) is 9.93. The summed E-state index contributed by atoms with van der Waals surface area (Å²) in [6, 6.07) is 11.7. The minimum absolute atomic E-state index is 0.102. The van der Waals surface area contributed by atoms with E-state index in [0.717, 1.165) is 4.88 Å². The van der Waals surface area contributed by atoms with Crippen molar-refractivity contribution in [1.82, 2.24) is 10.2 Å². The zero-order chi connectivity index (χ0) is 19.6. The standard InChI is InChI=1S/C19H19N3O4S/c1-2-22(12-17(23)21-11-16-4-3-9-27-16)18(24)13-26-19(25)15-7-5-14(10-20)6-8-15/h3-9H,2,11-13H2,1H3,(H,21,23). The fraction of sp³-hybridized carbons (Fsp3) is 0.263. The molecule has 2 aromatic rings. The molecule has 0 saturated carbocycles. The highest BCUT2D eigenvalue weighted by atomic mass is 32.1. The van der Waals surface area contributed by atoms with Gasteiger partial charge in [0.15, 0.2) is 6.61 Å². The smallest absolute Gasteiger partial charge is 0.338 e. The van der Waals surface area contributed by atoms with Crippen LogP contribution < -0.4 is 5.32 Å². The van der Waals surface area contributed by atoms with Crippen LogP contribution in [0.15, 0.2) is 41.8 Å². The third kappa shape index (κ3) is 6.24. The van der Waals surface area contributed by atoms with Crippen LogP contribution in [0.25, 0.3) is 0 Å². The van der Waals surface area contributed by atoms with Crippen molar-refractivity contribution in [3.05, 3.63) is 57.8 Å². The number of nitrogens with zero attached hydrogens (tertiary/aromatic N) is 2. The van der Waals surface area contributed by atoms with Crippen molar-refractivity contribution >= 4 is 29.1 Å². The van der Waals surface area contributed by atoms with E-state index >= 15 is 0 Å². The quantitative estimate of drug-likeness (QED) is 0.700. The molecule has 140 valence electrons. The second-order valence-electron chi connectivity index (χ2n) is 5.53. The first-order chi connectivity index (χ1) is 13.0. The predicted molar refractivity (Wildman–Crippen MR) is 99.9 cm³/mol. The van der Waals surface area contributed by atoms with Crippen molar-refractivity contribution < 1.29 is 19.1 Å². The van der Waals surface area contributed by atoms with E-state index in [1.807, 2.05) is 23.6 Å². The maximum absolute atomic E-state index is 12.2. The number of nitrogens with one attached hydrogen (secondary N) is 1. The fourth-order valence-corrected chi connectivity index (χ4v) is 2.83. The van der Waals surface area contributed by atoms with Gasteiger partial charge in [0.2, 0.25) is 5.91 Å². The summed E-state index contributed by atoms with van der Waals surface area (Å²) in [5.41, 5.74) is 0.673. The third-order valence-corrected chi connectivity index (χ3v) is 4.56. The summed E-state index contributed by atoms with van der Waals surface area (Å²) in [7, 11) is 0. The summed E-state index contributed by atoms with van der Waals surface area (Å²) >= 11 is 1.54. The zero-order valence-corrected chi connectivity index (χ0v) is 15.6. The molecule has 1 N–H and O–H groups in total. The number of esters is 1. The number of thiophene rings is 1. The number of hydrogen-bond acceptors (Lipinski definition) is 6. The van der Waals surface area contributed by atoms with Gasteiger partial charge in [-0.15, -0.1) is 11.3 Å². The van der Waals surface area contributed by atoms with Gasteiger partial charge in [-0.05, 0) is 42.6 Å². The molecule has 0 spiro atoms. The second kappa shape index (κ2) is 10.1. The average molecular weight is 385 g/mol. The van der Waals surface area contributed by atoms with Gasteiger partial charge in [0.05, 0.1) is 30.3 Å². The van der Waals surface area contributed by atoms with Crippen LogP contribution in [-0.4, -0.2) is 42.4 Å². The predicted octanol–water partition coefficient (Wildman–Crippen LogP) is 1.94. The fourth-order valence-electron chi connectivity index (χ4n) is 2.19. The number of benzene rings is 1. The monoisotopic (exact) mass is 385 g/mol. The molecule has 0 unspecified atom stereocenters. The molecule has 0 aliphatic rings. The van der Waals surface area contributed by atoms with Crippen LogP contribution in [0.1, 0.15) is 27.7 Å². The lowest BCUT2D eigenvalue weighted by molar-refractivity contribution is -0.138. The molecular formula is C19H19N3O4S. The first-order valence-electron chi connectivity index (χ1n) is 8.27. The lowest BCUT2D eigenvalue weighted by Crippen LogP contribution is -2.42. The van der Waals surface area contributed by atoms with Crippen LogP contribution in [0.3, 0.4) is 0 Å². The van der Waals surface area contributed by atoms with Crippen molar-refractivity contribution in [2.75, 3.05) is 19.7 Å². The molecular weight excluding hydrogens is 366 g/mol. The average Bonchev–Trinajstić information content (AvgIpc) is 3.22. The highest BCUT2D eigenvalue weighted by molar-refractivity contribution is 7.09. The van der Waals surface area contributed by atoms with E-state index in [4.69, 9.17) is 10.00 Å². The Kier molecular flexibility index (Phi) is 7.52. The number of carbonyl (C=O) groups is 3. The lowest BCUT2D eigenvalue weighted by atomic mass is 10.1. The first-order valence-corrected chi connectivity index (χ1v) is 9.15. The number of nitriles is 1. The van der Waals surface area contributed by atoms with E-state index in [1.54, 1.807) is 6.92 Å². The number of ether oxygens (including phenoxy) is 1. The van der Waals surface area contributed by atoms with Crippen LogP contribution in [0.2, 0.25) is 0 Å². The lowest BCUT2D eigenvalue weighted by Gasteiger charge is -2.20. The molecule has 2 amide bonds. The maximum atomic E-state index is 12.2. The van der Waals surface area contributed by atoms with Crippen molar-refractivity contribution in [3.8, 4) is 6.07 Å². The van der Waals surface area contributed by atoms with E-state index in [9.17, 15) is 14.4 Å². The molecule has 2 rings (SSSR count). The molecule has 8 heteroatoms. The summed E-state index contributed by atoms with van der Waals surface area (Å²) in [6.07, 6.45) is 0. The molecule has 0 fully saturated rings. The van der Waals surface area contributed by atoms with E-state index in [-0.39, 0.29) is 18.0 Å². The molecule has 1 heterocycles. The highest BCUT2D eigenvalue weighted by Gasteiger charge is 2.18. The van der Waals surface area contributed by atoms with E-state index < -0.39 is 18.5 Å². The zero-order valence-electron chi connectivity index (χ0n) is 14.8. The van der Waals surface area contributed by atoms with Gasteiger partial charge in [-0.1, -0.05) is 6.07 Å². The Morgan fingerprint density at radius 1 is 1.22 bits per heavy atom. The third-order valence-electron chi connectivity index (χ3n) is 3.69. The SMILES string of the molecule is CCN(CC(=O)NCc1cccs1)C(=O)COC(=O)c1ccc(C#N)cc1. The van der Waals surface area contributed by atoms with Crippen LogP contribution in [-0.2, 0) is 20.9 Å². The van der Waals surface area contributed by atoms with Gasteiger partial charge < -0.3 is 15.0 Å². The Hall–Kier alpha value is -3.18. The van der Waals surface area contributed by atoms with Crippen molar-refractivity contribution in [2.45, 2.75) is 13.5 Å². The molecule has 1 aromatic carbocycles. The molecule has 1 aromatic heterocycles. The molecule has 0 aliphatic heterocycles. The van der Waals surface area contributed by atoms with Gasteiger partial charge in [0.25, 0.3) is 5.91 Å². The Labute approximate surface area is 161 Å². The van der Waals surface area contributed by atoms with Crippen LogP contribution in [0.5, 0.6) is 0 Å². The van der Waals surface area contributed by atoms with Crippen molar-refractivity contribution in [2.24, 2.45) is 0 Å². The van der Waals surface area contributed by atoms with Crippen LogP contribution >= 0.6 is 11.3 Å². The minimum atomic E-state index is -0.661. The van der Waals surface area contributed by atoms with E-state index in [0.29, 0.717) is 18.7 Å². The van der Waals surface area contributed by atoms with Crippen LogP contribution in [0.4, 0.5) is 0 Å². The van der Waals surface area contributed by atoms with Gasteiger partial charge >= 0.3 is 5.97 Å². The summed E-state index contributed by atoms with van der Waals surface area (Å²) in [5, 5.41) is 13.4. The molecule has 27 heavy (non-hydrogen) atoms. The topological polar surface area (TPSA) is 99.5 Å². The van der Waals surface area contributed by atoms with Gasteiger partial charge in [-0.3, -0.25) is 9.59 Å². The molecule has 0 atom stereocenters. The number of likely N-dealkylation sites (N-methyl/N-ethyl adjacent to an activating group) is 1. The molecule has 7 nitrogen and oxygen atoms in total. The summed E-state index contributed by atoms with van der Waals surface area (Å²) in [6.45, 7) is 1.92. The van der Waals surface area contributed by atoms with E-state index in [2.05, 4.69) is 5.32 Å². The highest BCUT2D eigenvalue weighted by Crippen LogP contribution is 2.07. The molecule has 0 bridgehead atoms. The van der Waals surface area contributed by atoms with E-state index in [1.165, 1.54) is 40.5 Å². The number of rotatable bonds is 8. The summed E-state index contributed by atoms with van der Waals surface area (Å²) in [5.74, 6) is -1.39. The Bertz CT molecular complexity index is 826. The largest absolute Gasteiger partial charge is 0.452 e. The van der Waals surface area contributed by atoms with Crippen LogP contribution in [0, 0.1) is 11.3 Å². The van der Waals surface area contributed by atoms with Crippen molar-refractivity contribution in [1.29, 1.82) is 5.26 Å². The molecule has 0 radical (unpaired) electrons. The Morgan fingerprint density at radius 3 is 2.56 bits per heavy atom. The second-order valence-corrected chi connectivity index (χ2v) is 6.56. The Morgan fingerprint density at radius 2 is 1.96 bits per heavy atom. The van der Waals surface area contributed by atoms with Crippen molar-refractivity contribution in [3.63, 3.8) is 0 Å². The minimum Gasteiger partial charge on any atom is -0.452 e. The summed E-state index contributed by atoms with van der Waals surface area (Å²) in [4.78, 5) is 38.5. The maximum Gasteiger partial charge on any atom is 0.338 e. The number of amides is 2. The van der Waals surface area contributed by atoms with Gasteiger partial charge in [-0.25, -0.2) is 4.79 Å². The van der Waals surface area contributed by atoms with Gasteiger partial charge in [0, 0.05) is 11.4 Å².